The van der Waals surface area contributed by atoms with Crippen LogP contribution in [0.5, 0.6) is 0 Å². The fourth-order valence-electron chi connectivity index (χ4n) is 4.57. The van der Waals surface area contributed by atoms with Gasteiger partial charge in [0, 0.05) is 32.1 Å². The van der Waals surface area contributed by atoms with Crippen LogP contribution in [0.3, 0.4) is 0 Å². The molecule has 0 aromatic carbocycles. The normalized spacial score (nSPS) is 26.5. The molecule has 2 saturated carbocycles. The van der Waals surface area contributed by atoms with Crippen molar-refractivity contribution in [3.05, 3.63) is 0 Å². The summed E-state index contributed by atoms with van der Waals surface area (Å²) in [5, 5.41) is 3.63. The number of nitrogens with one attached hydrogen (secondary N) is 1. The topological polar surface area (TPSA) is 32.3 Å². The molecule has 0 aromatic rings. The first kappa shape index (κ1) is 14.4. The molecular formula is C17H30N2O. The lowest BCUT2D eigenvalue weighted by atomic mass is 9.71. The molecule has 0 bridgehead atoms. The summed E-state index contributed by atoms with van der Waals surface area (Å²) < 4.78 is 0. The number of hydrogen-bond donors (Lipinski definition) is 1. The molecule has 1 amide bonds. The lowest BCUT2D eigenvalue weighted by Crippen LogP contribution is -2.39. The summed E-state index contributed by atoms with van der Waals surface area (Å²) in [7, 11) is 0. The highest BCUT2D eigenvalue weighted by Crippen LogP contribution is 2.48. The minimum atomic E-state index is 0.359. The second kappa shape index (κ2) is 6.46. The van der Waals surface area contributed by atoms with Gasteiger partial charge in [0.25, 0.3) is 0 Å². The van der Waals surface area contributed by atoms with E-state index in [1.165, 1.54) is 64.2 Å². The molecule has 0 atom stereocenters. The second-order valence-corrected chi connectivity index (χ2v) is 7.27. The van der Waals surface area contributed by atoms with E-state index in [9.17, 15) is 4.79 Å². The van der Waals surface area contributed by atoms with Gasteiger partial charge in [0.2, 0.25) is 5.91 Å². The van der Waals surface area contributed by atoms with Crippen LogP contribution in [0.25, 0.3) is 0 Å². The molecule has 20 heavy (non-hydrogen) atoms. The van der Waals surface area contributed by atoms with E-state index in [4.69, 9.17) is 0 Å². The first-order valence-corrected chi connectivity index (χ1v) is 8.79. The highest BCUT2D eigenvalue weighted by atomic mass is 16.2. The van der Waals surface area contributed by atoms with Gasteiger partial charge < -0.3 is 10.2 Å². The number of nitrogens with zero attached hydrogens (tertiary/aromatic N) is 1. The fraction of sp³-hybridized carbons (Fsp3) is 0.941. The number of amides is 1. The lowest BCUT2D eigenvalue weighted by molar-refractivity contribution is -0.130. The summed E-state index contributed by atoms with van der Waals surface area (Å²) in [6, 6.07) is 0.674. The molecule has 3 fully saturated rings. The molecule has 1 N–H and O–H groups in total. The summed E-state index contributed by atoms with van der Waals surface area (Å²) >= 11 is 0. The molecule has 3 nitrogen and oxygen atoms in total. The summed E-state index contributed by atoms with van der Waals surface area (Å²) in [6.07, 6.45) is 14.5. The van der Waals surface area contributed by atoms with Crippen molar-refractivity contribution in [3.63, 3.8) is 0 Å². The molecule has 3 heteroatoms. The van der Waals surface area contributed by atoms with Crippen molar-refractivity contribution in [1.29, 1.82) is 0 Å². The van der Waals surface area contributed by atoms with Gasteiger partial charge in [-0.25, -0.2) is 0 Å². The van der Waals surface area contributed by atoms with E-state index in [1.54, 1.807) is 0 Å². The SMILES string of the molecule is O=C(CCNC1CCC2(CCCC2)CC1)N1CCCC1. The number of rotatable bonds is 4. The third-order valence-corrected chi connectivity index (χ3v) is 5.94. The Morgan fingerprint density at radius 3 is 2.30 bits per heavy atom. The van der Waals surface area contributed by atoms with Crippen LogP contribution >= 0.6 is 0 Å². The molecule has 0 radical (unpaired) electrons. The molecule has 1 saturated heterocycles. The summed E-state index contributed by atoms with van der Waals surface area (Å²) in [4.78, 5) is 14.0. The number of likely N-dealkylation sites (tertiary alicyclic amines) is 1. The molecule has 2 aliphatic carbocycles. The standard InChI is InChI=1S/C17H30N2O/c20-16(19-13-3-4-14-19)7-12-18-15-5-10-17(11-6-15)8-1-2-9-17/h15,18H,1-14H2. The third kappa shape index (κ3) is 3.36. The quantitative estimate of drug-likeness (QED) is 0.857. The molecule has 1 spiro atoms. The van der Waals surface area contributed by atoms with Gasteiger partial charge in [-0.15, -0.1) is 0 Å². The Labute approximate surface area is 123 Å². The maximum atomic E-state index is 12.0. The van der Waals surface area contributed by atoms with Crippen LogP contribution in [-0.2, 0) is 4.79 Å². The van der Waals surface area contributed by atoms with Gasteiger partial charge in [-0.05, 0) is 56.8 Å². The summed E-state index contributed by atoms with van der Waals surface area (Å²) in [5.74, 6) is 0.359. The molecular weight excluding hydrogens is 248 g/mol. The van der Waals surface area contributed by atoms with Crippen LogP contribution in [0.2, 0.25) is 0 Å². The Morgan fingerprint density at radius 2 is 1.65 bits per heavy atom. The van der Waals surface area contributed by atoms with Crippen molar-refractivity contribution in [2.45, 2.75) is 76.7 Å². The predicted molar refractivity (Wildman–Crippen MR) is 81.6 cm³/mol. The molecule has 0 unspecified atom stereocenters. The average molecular weight is 278 g/mol. The molecule has 114 valence electrons. The van der Waals surface area contributed by atoms with Crippen LogP contribution in [0.4, 0.5) is 0 Å². The van der Waals surface area contributed by atoms with Gasteiger partial charge >= 0.3 is 0 Å². The van der Waals surface area contributed by atoms with Crippen LogP contribution in [-0.4, -0.2) is 36.5 Å². The minimum Gasteiger partial charge on any atom is -0.343 e. The van der Waals surface area contributed by atoms with Crippen LogP contribution in [0.15, 0.2) is 0 Å². The Bertz CT molecular complexity index is 320. The monoisotopic (exact) mass is 278 g/mol. The Hall–Kier alpha value is -0.570. The molecule has 3 aliphatic rings. The molecule has 1 heterocycles. The third-order valence-electron chi connectivity index (χ3n) is 5.94. The Kier molecular flexibility index (Phi) is 4.65. The van der Waals surface area contributed by atoms with Crippen molar-refractivity contribution in [2.24, 2.45) is 5.41 Å². The van der Waals surface area contributed by atoms with E-state index in [1.807, 2.05) is 4.90 Å². The highest BCUT2D eigenvalue weighted by molar-refractivity contribution is 5.76. The summed E-state index contributed by atoms with van der Waals surface area (Å²) in [6.45, 7) is 2.86. The van der Waals surface area contributed by atoms with E-state index in [0.717, 1.165) is 25.0 Å². The molecule has 1 aliphatic heterocycles. The Morgan fingerprint density at radius 1 is 1.00 bits per heavy atom. The lowest BCUT2D eigenvalue weighted by Gasteiger charge is -2.37. The Balaban J connectivity index is 1.32. The number of carbonyl (C=O) groups is 1. The smallest absolute Gasteiger partial charge is 0.223 e. The van der Waals surface area contributed by atoms with Gasteiger partial charge in [-0.1, -0.05) is 12.8 Å². The van der Waals surface area contributed by atoms with Gasteiger partial charge in [-0.2, -0.15) is 0 Å². The average Bonchev–Trinajstić information content (AvgIpc) is 3.13. The van der Waals surface area contributed by atoms with Crippen molar-refractivity contribution >= 4 is 5.91 Å². The van der Waals surface area contributed by atoms with Crippen molar-refractivity contribution in [2.75, 3.05) is 19.6 Å². The van der Waals surface area contributed by atoms with Crippen molar-refractivity contribution in [1.82, 2.24) is 10.2 Å². The maximum Gasteiger partial charge on any atom is 0.223 e. The zero-order valence-electron chi connectivity index (χ0n) is 12.8. The molecule has 0 aromatic heterocycles. The second-order valence-electron chi connectivity index (χ2n) is 7.27. The largest absolute Gasteiger partial charge is 0.343 e. The van der Waals surface area contributed by atoms with Gasteiger partial charge in [0.15, 0.2) is 0 Å². The van der Waals surface area contributed by atoms with E-state index in [-0.39, 0.29) is 0 Å². The minimum absolute atomic E-state index is 0.359. The zero-order valence-corrected chi connectivity index (χ0v) is 12.8. The van der Waals surface area contributed by atoms with Crippen LogP contribution in [0.1, 0.15) is 70.6 Å². The fourth-order valence-corrected chi connectivity index (χ4v) is 4.57. The highest BCUT2D eigenvalue weighted by Gasteiger charge is 2.37. The number of hydrogen-bond acceptors (Lipinski definition) is 2. The van der Waals surface area contributed by atoms with E-state index < -0.39 is 0 Å². The molecule has 3 rings (SSSR count). The van der Waals surface area contributed by atoms with E-state index in [0.29, 0.717) is 18.4 Å². The van der Waals surface area contributed by atoms with Crippen LogP contribution in [0, 0.1) is 5.41 Å². The van der Waals surface area contributed by atoms with Crippen molar-refractivity contribution in [3.8, 4) is 0 Å². The predicted octanol–water partition coefficient (Wildman–Crippen LogP) is 3.09. The van der Waals surface area contributed by atoms with Gasteiger partial charge in [0.05, 0.1) is 0 Å². The first-order valence-electron chi connectivity index (χ1n) is 8.79. The summed E-state index contributed by atoms with van der Waals surface area (Å²) in [5.41, 5.74) is 0.726. The van der Waals surface area contributed by atoms with E-state index >= 15 is 0 Å². The van der Waals surface area contributed by atoms with E-state index in [2.05, 4.69) is 5.32 Å². The van der Waals surface area contributed by atoms with Gasteiger partial charge in [0.1, 0.15) is 0 Å². The van der Waals surface area contributed by atoms with Crippen LogP contribution < -0.4 is 5.32 Å². The van der Waals surface area contributed by atoms with Gasteiger partial charge in [-0.3, -0.25) is 4.79 Å². The first-order chi connectivity index (χ1) is 9.77. The zero-order chi connectivity index (χ0) is 13.8. The van der Waals surface area contributed by atoms with Crippen molar-refractivity contribution < 1.29 is 4.79 Å². The number of carbonyl (C=O) groups excluding carboxylic acids is 1. The maximum absolute atomic E-state index is 12.0.